The lowest BCUT2D eigenvalue weighted by Crippen LogP contribution is -2.03. The number of hydrogen-bond acceptors (Lipinski definition) is 4. The van der Waals surface area contributed by atoms with Crippen LogP contribution in [0.3, 0.4) is 0 Å². The molecule has 0 aliphatic rings. The van der Waals surface area contributed by atoms with Gasteiger partial charge in [-0.3, -0.25) is 0 Å². The van der Waals surface area contributed by atoms with E-state index >= 15 is 0 Å². The highest BCUT2D eigenvalue weighted by Gasteiger charge is 1.99. The number of rotatable bonds is 7. The van der Waals surface area contributed by atoms with Crippen LogP contribution in [0.5, 0.6) is 5.75 Å². The Bertz CT molecular complexity index is 526. The molecule has 0 saturated carbocycles. The second-order valence-corrected chi connectivity index (χ2v) is 4.42. The maximum Gasteiger partial charge on any atom is 0.132 e. The van der Waals surface area contributed by atoms with Gasteiger partial charge in [0, 0.05) is 12.2 Å². The quantitative estimate of drug-likeness (QED) is 0.797. The van der Waals surface area contributed by atoms with Crippen LogP contribution in [0.4, 0.5) is 17.3 Å². The van der Waals surface area contributed by atoms with Crippen molar-refractivity contribution in [2.75, 3.05) is 23.8 Å². The van der Waals surface area contributed by atoms with Gasteiger partial charge in [0.2, 0.25) is 0 Å². The lowest BCUT2D eigenvalue weighted by Gasteiger charge is -2.09. The van der Waals surface area contributed by atoms with Gasteiger partial charge in [-0.1, -0.05) is 13.0 Å². The van der Waals surface area contributed by atoms with Crippen molar-refractivity contribution in [3.05, 3.63) is 42.5 Å². The standard InChI is InChI=1S/C16H21N3O/c1-3-12-17-15-6-5-7-16(19-15)18-13-8-10-14(11-9-13)20-4-2/h5-11H,3-4,12H2,1-2H3,(H2,17,18,19). The number of pyridine rings is 1. The molecule has 0 spiro atoms. The summed E-state index contributed by atoms with van der Waals surface area (Å²) in [6.07, 6.45) is 1.08. The van der Waals surface area contributed by atoms with Crippen LogP contribution in [0.15, 0.2) is 42.5 Å². The van der Waals surface area contributed by atoms with E-state index in [1.54, 1.807) is 0 Å². The van der Waals surface area contributed by atoms with Gasteiger partial charge in [-0.2, -0.15) is 0 Å². The fourth-order valence-electron chi connectivity index (χ4n) is 1.80. The van der Waals surface area contributed by atoms with E-state index in [2.05, 4.69) is 22.5 Å². The third kappa shape index (κ3) is 4.16. The van der Waals surface area contributed by atoms with E-state index in [-0.39, 0.29) is 0 Å². The van der Waals surface area contributed by atoms with Crippen LogP contribution in [0.2, 0.25) is 0 Å². The smallest absolute Gasteiger partial charge is 0.132 e. The van der Waals surface area contributed by atoms with Crippen LogP contribution in [-0.2, 0) is 0 Å². The topological polar surface area (TPSA) is 46.2 Å². The first-order chi connectivity index (χ1) is 9.81. The summed E-state index contributed by atoms with van der Waals surface area (Å²) in [5, 5.41) is 6.56. The molecule has 4 nitrogen and oxygen atoms in total. The van der Waals surface area contributed by atoms with Crippen LogP contribution in [-0.4, -0.2) is 18.1 Å². The minimum absolute atomic E-state index is 0.680. The van der Waals surface area contributed by atoms with Gasteiger partial charge >= 0.3 is 0 Å². The van der Waals surface area contributed by atoms with E-state index in [1.807, 2.05) is 49.4 Å². The number of hydrogen-bond donors (Lipinski definition) is 2. The lowest BCUT2D eigenvalue weighted by atomic mass is 10.3. The zero-order valence-electron chi connectivity index (χ0n) is 12.0. The molecule has 0 saturated heterocycles. The van der Waals surface area contributed by atoms with Gasteiger partial charge in [0.05, 0.1) is 6.61 Å². The normalized spacial score (nSPS) is 10.1. The van der Waals surface area contributed by atoms with E-state index < -0.39 is 0 Å². The van der Waals surface area contributed by atoms with Crippen molar-refractivity contribution in [2.45, 2.75) is 20.3 Å². The number of aromatic nitrogens is 1. The van der Waals surface area contributed by atoms with Crippen molar-refractivity contribution in [1.82, 2.24) is 4.98 Å². The average molecular weight is 271 g/mol. The summed E-state index contributed by atoms with van der Waals surface area (Å²) in [5.74, 6) is 2.60. The molecule has 0 aliphatic heterocycles. The molecule has 2 rings (SSSR count). The van der Waals surface area contributed by atoms with Gasteiger partial charge in [-0.25, -0.2) is 4.98 Å². The van der Waals surface area contributed by atoms with Crippen molar-refractivity contribution >= 4 is 17.3 Å². The zero-order valence-corrected chi connectivity index (χ0v) is 12.0. The molecule has 20 heavy (non-hydrogen) atoms. The SMILES string of the molecule is CCCNc1cccc(Nc2ccc(OCC)cc2)n1. The average Bonchev–Trinajstić information content (AvgIpc) is 2.48. The van der Waals surface area contributed by atoms with E-state index in [0.717, 1.165) is 36.0 Å². The summed E-state index contributed by atoms with van der Waals surface area (Å²) in [7, 11) is 0. The fourth-order valence-corrected chi connectivity index (χ4v) is 1.80. The highest BCUT2D eigenvalue weighted by molar-refractivity contribution is 5.58. The number of benzene rings is 1. The van der Waals surface area contributed by atoms with Crippen molar-refractivity contribution in [3.63, 3.8) is 0 Å². The summed E-state index contributed by atoms with van der Waals surface area (Å²) in [5.41, 5.74) is 0.994. The Labute approximate surface area is 120 Å². The Morgan fingerprint density at radius 3 is 2.45 bits per heavy atom. The first-order valence-electron chi connectivity index (χ1n) is 7.02. The molecule has 2 N–H and O–H groups in total. The summed E-state index contributed by atoms with van der Waals surface area (Å²) in [6.45, 7) is 5.72. The largest absolute Gasteiger partial charge is 0.494 e. The highest BCUT2D eigenvalue weighted by Crippen LogP contribution is 2.19. The number of ether oxygens (including phenoxy) is 1. The maximum atomic E-state index is 5.42. The molecule has 1 aromatic heterocycles. The second kappa shape index (κ2) is 7.38. The lowest BCUT2D eigenvalue weighted by molar-refractivity contribution is 0.340. The van der Waals surface area contributed by atoms with Gasteiger partial charge < -0.3 is 15.4 Å². The minimum Gasteiger partial charge on any atom is -0.494 e. The predicted octanol–water partition coefficient (Wildman–Crippen LogP) is 4.05. The molecule has 106 valence electrons. The molecule has 2 aromatic rings. The van der Waals surface area contributed by atoms with E-state index in [4.69, 9.17) is 4.74 Å². The predicted molar refractivity (Wildman–Crippen MR) is 83.9 cm³/mol. The maximum absolute atomic E-state index is 5.42. The number of nitrogens with zero attached hydrogens (tertiary/aromatic N) is 1. The highest BCUT2D eigenvalue weighted by atomic mass is 16.5. The van der Waals surface area contributed by atoms with Crippen LogP contribution < -0.4 is 15.4 Å². The Morgan fingerprint density at radius 2 is 1.75 bits per heavy atom. The molecule has 1 heterocycles. The molecule has 0 unspecified atom stereocenters. The van der Waals surface area contributed by atoms with Gasteiger partial charge in [0.15, 0.2) is 0 Å². The Kier molecular flexibility index (Phi) is 5.24. The first kappa shape index (κ1) is 14.2. The van der Waals surface area contributed by atoms with Crippen LogP contribution in [0.25, 0.3) is 0 Å². The van der Waals surface area contributed by atoms with Crippen molar-refractivity contribution in [1.29, 1.82) is 0 Å². The molecule has 0 amide bonds. The van der Waals surface area contributed by atoms with Gasteiger partial charge in [0.1, 0.15) is 17.4 Å². The fraction of sp³-hybridized carbons (Fsp3) is 0.312. The Morgan fingerprint density at radius 1 is 1.00 bits per heavy atom. The summed E-state index contributed by atoms with van der Waals surface area (Å²) < 4.78 is 5.42. The Hall–Kier alpha value is -2.23. The summed E-state index contributed by atoms with van der Waals surface area (Å²) >= 11 is 0. The van der Waals surface area contributed by atoms with E-state index in [9.17, 15) is 0 Å². The summed E-state index contributed by atoms with van der Waals surface area (Å²) in [4.78, 5) is 4.51. The Balaban J connectivity index is 2.01. The molecule has 4 heteroatoms. The van der Waals surface area contributed by atoms with E-state index in [1.165, 1.54) is 0 Å². The molecular formula is C16H21N3O. The van der Waals surface area contributed by atoms with Crippen LogP contribution >= 0.6 is 0 Å². The molecule has 1 aromatic carbocycles. The zero-order chi connectivity index (χ0) is 14.2. The second-order valence-electron chi connectivity index (χ2n) is 4.42. The van der Waals surface area contributed by atoms with Crippen molar-refractivity contribution in [2.24, 2.45) is 0 Å². The third-order valence-corrected chi connectivity index (χ3v) is 2.74. The van der Waals surface area contributed by atoms with Crippen LogP contribution in [0, 0.1) is 0 Å². The molecule has 0 radical (unpaired) electrons. The van der Waals surface area contributed by atoms with Gasteiger partial charge in [-0.05, 0) is 49.7 Å². The molecular weight excluding hydrogens is 250 g/mol. The van der Waals surface area contributed by atoms with Gasteiger partial charge in [0.25, 0.3) is 0 Å². The monoisotopic (exact) mass is 271 g/mol. The number of nitrogens with one attached hydrogen (secondary N) is 2. The van der Waals surface area contributed by atoms with Crippen molar-refractivity contribution < 1.29 is 4.74 Å². The first-order valence-corrected chi connectivity index (χ1v) is 7.02. The third-order valence-electron chi connectivity index (χ3n) is 2.74. The molecule has 0 fully saturated rings. The van der Waals surface area contributed by atoms with Crippen molar-refractivity contribution in [3.8, 4) is 5.75 Å². The van der Waals surface area contributed by atoms with E-state index in [0.29, 0.717) is 6.61 Å². The number of anilines is 3. The minimum atomic E-state index is 0.680. The molecule has 0 atom stereocenters. The summed E-state index contributed by atoms with van der Waals surface area (Å²) in [6, 6.07) is 13.8. The molecule has 0 aliphatic carbocycles. The molecule has 0 bridgehead atoms. The van der Waals surface area contributed by atoms with Crippen LogP contribution in [0.1, 0.15) is 20.3 Å². The van der Waals surface area contributed by atoms with Gasteiger partial charge in [-0.15, -0.1) is 0 Å².